The monoisotopic (exact) mass is 449 g/mol. The van der Waals surface area contributed by atoms with Crippen molar-refractivity contribution in [2.45, 2.75) is 26.4 Å². The van der Waals surface area contributed by atoms with Crippen molar-refractivity contribution >= 4 is 40.1 Å². The van der Waals surface area contributed by atoms with Crippen LogP contribution in [-0.2, 0) is 9.53 Å². The van der Waals surface area contributed by atoms with Gasteiger partial charge in [-0.3, -0.25) is 14.9 Å². The van der Waals surface area contributed by atoms with Crippen molar-refractivity contribution in [2.75, 3.05) is 24.3 Å². The van der Waals surface area contributed by atoms with Crippen molar-refractivity contribution < 1.29 is 23.9 Å². The maximum atomic E-state index is 13.2. The number of amides is 3. The van der Waals surface area contributed by atoms with Crippen molar-refractivity contribution in [3.05, 3.63) is 66.2 Å². The second-order valence-corrected chi connectivity index (χ2v) is 8.32. The van der Waals surface area contributed by atoms with E-state index >= 15 is 0 Å². The third kappa shape index (κ3) is 6.70. The highest BCUT2D eigenvalue weighted by Gasteiger charge is 2.20. The molecule has 0 saturated heterocycles. The molecule has 8 heteroatoms. The Hall–Kier alpha value is -4.07. The molecule has 33 heavy (non-hydrogen) atoms. The molecule has 8 nitrogen and oxygen atoms in total. The molecule has 0 fully saturated rings. The number of nitrogens with one attached hydrogen (secondary N) is 3. The van der Waals surface area contributed by atoms with Crippen molar-refractivity contribution in [3.8, 4) is 5.75 Å². The van der Waals surface area contributed by atoms with Crippen molar-refractivity contribution in [2.24, 2.45) is 0 Å². The lowest BCUT2D eigenvalue weighted by Crippen LogP contribution is -2.28. The molecule has 0 aliphatic rings. The summed E-state index contributed by atoms with van der Waals surface area (Å²) in [5, 5.41) is 9.69. The average molecular weight is 450 g/mol. The Morgan fingerprint density at radius 3 is 2.24 bits per heavy atom. The molecule has 3 aromatic rings. The number of benzene rings is 3. The minimum atomic E-state index is -0.682. The third-order valence-electron chi connectivity index (χ3n) is 4.51. The first-order valence-corrected chi connectivity index (χ1v) is 10.4. The van der Waals surface area contributed by atoms with E-state index in [1.54, 1.807) is 57.2 Å². The van der Waals surface area contributed by atoms with Gasteiger partial charge in [0.2, 0.25) is 0 Å². The molecule has 0 radical (unpaired) electrons. The van der Waals surface area contributed by atoms with Gasteiger partial charge in [0, 0.05) is 18.8 Å². The second-order valence-electron chi connectivity index (χ2n) is 8.32. The minimum absolute atomic E-state index is 0.136. The Morgan fingerprint density at radius 1 is 0.879 bits per heavy atom. The molecule has 3 amide bonds. The van der Waals surface area contributed by atoms with E-state index in [9.17, 15) is 14.4 Å². The lowest BCUT2D eigenvalue weighted by atomic mass is 10.0. The number of fused-ring (bicyclic) bond motifs is 1. The molecule has 0 unspecified atom stereocenters. The van der Waals surface area contributed by atoms with Gasteiger partial charge in [-0.25, -0.2) is 4.79 Å². The number of likely N-dealkylation sites (N-methyl/N-ethyl adjacent to an activating group) is 1. The third-order valence-corrected chi connectivity index (χ3v) is 4.51. The van der Waals surface area contributed by atoms with E-state index < -0.39 is 17.6 Å². The van der Waals surface area contributed by atoms with Crippen LogP contribution in [0.15, 0.2) is 60.7 Å². The summed E-state index contributed by atoms with van der Waals surface area (Å²) in [5.74, 6) is -0.254. The van der Waals surface area contributed by atoms with E-state index in [4.69, 9.17) is 9.47 Å². The number of carbonyl (C=O) groups is 3. The zero-order valence-corrected chi connectivity index (χ0v) is 19.0. The lowest BCUT2D eigenvalue weighted by molar-refractivity contribution is -0.122. The first kappa shape index (κ1) is 23.6. The van der Waals surface area contributed by atoms with Crippen LogP contribution >= 0.6 is 0 Å². The van der Waals surface area contributed by atoms with Gasteiger partial charge in [0.05, 0.1) is 11.3 Å². The summed E-state index contributed by atoms with van der Waals surface area (Å²) in [6, 6.07) is 17.7. The molecular formula is C25H27N3O5. The van der Waals surface area contributed by atoms with Gasteiger partial charge in [-0.2, -0.15) is 0 Å². The van der Waals surface area contributed by atoms with Gasteiger partial charge in [0.1, 0.15) is 11.4 Å². The van der Waals surface area contributed by atoms with Gasteiger partial charge in [-0.15, -0.1) is 0 Å². The van der Waals surface area contributed by atoms with Crippen LogP contribution < -0.4 is 20.7 Å². The van der Waals surface area contributed by atoms with Gasteiger partial charge in [0.15, 0.2) is 6.61 Å². The van der Waals surface area contributed by atoms with Crippen molar-refractivity contribution in [1.29, 1.82) is 0 Å². The van der Waals surface area contributed by atoms with E-state index in [2.05, 4.69) is 16.0 Å². The van der Waals surface area contributed by atoms with E-state index in [0.717, 1.165) is 10.8 Å². The number of hydrogen-bond donors (Lipinski definition) is 3. The average Bonchev–Trinajstić information content (AvgIpc) is 2.75. The Kier molecular flexibility index (Phi) is 7.17. The van der Waals surface area contributed by atoms with Gasteiger partial charge in [0.25, 0.3) is 11.8 Å². The fraction of sp³-hybridized carbons (Fsp3) is 0.240. The summed E-state index contributed by atoms with van der Waals surface area (Å²) >= 11 is 0. The Morgan fingerprint density at radius 2 is 1.58 bits per heavy atom. The molecule has 3 aromatic carbocycles. The van der Waals surface area contributed by atoms with Crippen molar-refractivity contribution in [1.82, 2.24) is 5.32 Å². The first-order valence-electron chi connectivity index (χ1n) is 10.4. The van der Waals surface area contributed by atoms with E-state index in [1.165, 1.54) is 7.05 Å². The highest BCUT2D eigenvalue weighted by atomic mass is 16.6. The molecule has 3 N–H and O–H groups in total. The molecule has 0 aromatic heterocycles. The largest absolute Gasteiger partial charge is 0.484 e. The molecule has 0 heterocycles. The molecular weight excluding hydrogens is 422 g/mol. The number of hydrogen-bond acceptors (Lipinski definition) is 5. The van der Waals surface area contributed by atoms with Gasteiger partial charge < -0.3 is 20.1 Å². The lowest BCUT2D eigenvalue weighted by Gasteiger charge is -2.20. The highest BCUT2D eigenvalue weighted by Crippen LogP contribution is 2.26. The number of anilines is 2. The standard InChI is InChI=1S/C25H27N3O5/c1-25(2,3)33-24(31)28-21-13-17-9-6-5-8-16(17)12-20(21)23(30)27-18-10-7-11-19(14-18)32-15-22(29)26-4/h5-14H,15H2,1-4H3,(H,26,29)(H,27,30)(H,28,31). The second kappa shape index (κ2) is 10.0. The smallest absolute Gasteiger partial charge is 0.412 e. The molecule has 0 atom stereocenters. The fourth-order valence-electron chi connectivity index (χ4n) is 3.03. The van der Waals surface area contributed by atoms with Crippen LogP contribution in [0.4, 0.5) is 16.2 Å². The summed E-state index contributed by atoms with van der Waals surface area (Å²) in [6.07, 6.45) is -0.656. The molecule has 3 rings (SSSR count). The molecule has 172 valence electrons. The summed E-state index contributed by atoms with van der Waals surface area (Å²) in [5.41, 5.74) is 0.396. The molecule has 0 bridgehead atoms. The molecule has 0 saturated carbocycles. The minimum Gasteiger partial charge on any atom is -0.484 e. The van der Waals surface area contributed by atoms with Crippen LogP contribution in [0.25, 0.3) is 10.8 Å². The van der Waals surface area contributed by atoms with Crippen LogP contribution in [0.1, 0.15) is 31.1 Å². The van der Waals surface area contributed by atoms with E-state index in [-0.39, 0.29) is 18.1 Å². The number of rotatable bonds is 6. The van der Waals surface area contributed by atoms with Crippen LogP contribution in [-0.4, -0.2) is 37.2 Å². The maximum absolute atomic E-state index is 13.2. The van der Waals surface area contributed by atoms with Gasteiger partial charge in [-0.05, 0) is 55.8 Å². The van der Waals surface area contributed by atoms with Gasteiger partial charge in [-0.1, -0.05) is 30.3 Å². The topological polar surface area (TPSA) is 106 Å². The van der Waals surface area contributed by atoms with Crippen LogP contribution in [0, 0.1) is 0 Å². The predicted octanol–water partition coefficient (Wildman–Crippen LogP) is 4.56. The predicted molar refractivity (Wildman–Crippen MR) is 128 cm³/mol. The normalized spacial score (nSPS) is 10.9. The Labute approximate surface area is 192 Å². The van der Waals surface area contributed by atoms with E-state index in [1.807, 2.05) is 24.3 Å². The van der Waals surface area contributed by atoms with E-state index in [0.29, 0.717) is 17.1 Å². The number of carbonyl (C=O) groups excluding carboxylic acids is 3. The first-order chi connectivity index (χ1) is 15.6. The zero-order chi connectivity index (χ0) is 24.0. The SMILES string of the molecule is CNC(=O)COc1cccc(NC(=O)c2cc3ccccc3cc2NC(=O)OC(C)(C)C)c1. The Balaban J connectivity index is 1.86. The quantitative estimate of drug-likeness (QED) is 0.511. The van der Waals surface area contributed by atoms with Crippen molar-refractivity contribution in [3.63, 3.8) is 0 Å². The summed E-state index contributed by atoms with van der Waals surface area (Å²) in [4.78, 5) is 36.9. The highest BCUT2D eigenvalue weighted by molar-refractivity contribution is 6.12. The number of ether oxygens (including phenoxy) is 2. The molecule has 0 aliphatic carbocycles. The summed E-state index contributed by atoms with van der Waals surface area (Å²) in [7, 11) is 1.52. The van der Waals surface area contributed by atoms with Gasteiger partial charge >= 0.3 is 6.09 Å². The Bertz CT molecular complexity index is 1180. The fourth-order valence-corrected chi connectivity index (χ4v) is 3.03. The molecule has 0 aliphatic heterocycles. The summed E-state index contributed by atoms with van der Waals surface area (Å²) < 4.78 is 10.8. The van der Waals surface area contributed by atoms with Crippen LogP contribution in [0.5, 0.6) is 5.75 Å². The maximum Gasteiger partial charge on any atom is 0.412 e. The summed E-state index contributed by atoms with van der Waals surface area (Å²) in [6.45, 7) is 5.15. The zero-order valence-electron chi connectivity index (χ0n) is 19.0. The molecule has 0 spiro atoms. The van der Waals surface area contributed by atoms with Crippen LogP contribution in [0.3, 0.4) is 0 Å². The van der Waals surface area contributed by atoms with Crippen LogP contribution in [0.2, 0.25) is 0 Å².